The molecule has 0 bridgehead atoms. The summed E-state index contributed by atoms with van der Waals surface area (Å²) in [6.45, 7) is 6.51. The molecule has 1 fully saturated rings. The number of nitrogens with one attached hydrogen (secondary N) is 1. The van der Waals surface area contributed by atoms with Crippen LogP contribution in [-0.2, 0) is 5.41 Å². The van der Waals surface area contributed by atoms with Crippen molar-refractivity contribution in [2.45, 2.75) is 32.1 Å². The molecule has 2 atom stereocenters. The summed E-state index contributed by atoms with van der Waals surface area (Å²) in [5.74, 6) is 0.707. The third-order valence-electron chi connectivity index (χ3n) is 4.15. The standard InChI is InChI=1S/C14H19Cl2N/c1-3-17-9-14(7-6-10(14)2)11-4-5-12(15)13(16)8-11/h4-5,8,10,17H,3,6-7,9H2,1-2H3. The highest BCUT2D eigenvalue weighted by molar-refractivity contribution is 6.42. The van der Waals surface area contributed by atoms with Gasteiger partial charge in [-0.05, 0) is 43.0 Å². The van der Waals surface area contributed by atoms with E-state index in [2.05, 4.69) is 25.2 Å². The first kappa shape index (κ1) is 13.2. The molecular weight excluding hydrogens is 253 g/mol. The molecule has 1 aromatic rings. The minimum absolute atomic E-state index is 0.254. The van der Waals surface area contributed by atoms with Crippen molar-refractivity contribution in [1.82, 2.24) is 5.32 Å². The highest BCUT2D eigenvalue weighted by Crippen LogP contribution is 2.49. The van der Waals surface area contributed by atoms with Crippen molar-refractivity contribution in [3.63, 3.8) is 0 Å². The Kier molecular flexibility index (Phi) is 4.02. The summed E-state index contributed by atoms with van der Waals surface area (Å²) in [5, 5.41) is 4.78. The maximum Gasteiger partial charge on any atom is 0.0595 e. The van der Waals surface area contributed by atoms with E-state index in [1.54, 1.807) is 0 Å². The van der Waals surface area contributed by atoms with Crippen molar-refractivity contribution in [3.8, 4) is 0 Å². The zero-order valence-corrected chi connectivity index (χ0v) is 11.9. The van der Waals surface area contributed by atoms with Crippen LogP contribution in [0.1, 0.15) is 32.3 Å². The molecule has 1 N–H and O–H groups in total. The van der Waals surface area contributed by atoms with Gasteiger partial charge in [0.1, 0.15) is 0 Å². The molecule has 1 nitrogen and oxygen atoms in total. The lowest BCUT2D eigenvalue weighted by atomic mass is 9.57. The molecule has 1 saturated carbocycles. The van der Waals surface area contributed by atoms with Crippen molar-refractivity contribution < 1.29 is 0 Å². The largest absolute Gasteiger partial charge is 0.316 e. The lowest BCUT2D eigenvalue weighted by Crippen LogP contribution is -2.50. The molecule has 1 aliphatic rings. The molecule has 2 unspecified atom stereocenters. The van der Waals surface area contributed by atoms with Crippen LogP contribution < -0.4 is 5.32 Å². The van der Waals surface area contributed by atoms with Crippen LogP contribution in [0.3, 0.4) is 0 Å². The topological polar surface area (TPSA) is 12.0 Å². The van der Waals surface area contributed by atoms with Crippen molar-refractivity contribution in [2.75, 3.05) is 13.1 Å². The van der Waals surface area contributed by atoms with E-state index in [-0.39, 0.29) is 5.41 Å². The molecule has 17 heavy (non-hydrogen) atoms. The number of hydrogen-bond donors (Lipinski definition) is 1. The van der Waals surface area contributed by atoms with E-state index in [0.29, 0.717) is 16.0 Å². The average Bonchev–Trinajstić information content (AvgIpc) is 2.32. The summed E-state index contributed by atoms with van der Waals surface area (Å²) in [6, 6.07) is 6.08. The zero-order valence-electron chi connectivity index (χ0n) is 10.4. The lowest BCUT2D eigenvalue weighted by molar-refractivity contribution is 0.135. The first-order valence-electron chi connectivity index (χ1n) is 6.26. The van der Waals surface area contributed by atoms with Crippen LogP contribution in [0.5, 0.6) is 0 Å². The SMILES string of the molecule is CCNCC1(c2ccc(Cl)c(Cl)c2)CCC1C. The van der Waals surface area contributed by atoms with Crippen LogP contribution in [0.4, 0.5) is 0 Å². The Labute approximate surface area is 114 Å². The fourth-order valence-corrected chi connectivity index (χ4v) is 3.03. The minimum Gasteiger partial charge on any atom is -0.316 e. The van der Waals surface area contributed by atoms with Crippen molar-refractivity contribution in [2.24, 2.45) is 5.92 Å². The molecular formula is C14H19Cl2N. The third-order valence-corrected chi connectivity index (χ3v) is 4.89. The number of halogens is 2. The predicted octanol–water partition coefficient (Wildman–Crippen LogP) is 4.27. The van der Waals surface area contributed by atoms with E-state index in [1.807, 2.05) is 12.1 Å². The molecule has 3 heteroatoms. The maximum atomic E-state index is 6.13. The Balaban J connectivity index is 2.29. The second-order valence-corrected chi connectivity index (χ2v) is 5.82. The highest BCUT2D eigenvalue weighted by atomic mass is 35.5. The summed E-state index contributed by atoms with van der Waals surface area (Å²) in [5.41, 5.74) is 1.58. The molecule has 2 rings (SSSR count). The van der Waals surface area contributed by atoms with Gasteiger partial charge in [0.05, 0.1) is 10.0 Å². The van der Waals surface area contributed by atoms with Gasteiger partial charge in [0, 0.05) is 12.0 Å². The Bertz CT molecular complexity index is 405. The predicted molar refractivity (Wildman–Crippen MR) is 75.1 cm³/mol. The highest BCUT2D eigenvalue weighted by Gasteiger charge is 2.44. The molecule has 0 aliphatic heterocycles. The monoisotopic (exact) mass is 271 g/mol. The van der Waals surface area contributed by atoms with Gasteiger partial charge in [-0.15, -0.1) is 0 Å². The number of rotatable bonds is 4. The maximum absolute atomic E-state index is 6.13. The summed E-state index contributed by atoms with van der Waals surface area (Å²) in [6.07, 6.45) is 2.53. The first-order valence-corrected chi connectivity index (χ1v) is 7.02. The fourth-order valence-electron chi connectivity index (χ4n) is 2.73. The Morgan fingerprint density at radius 2 is 2.12 bits per heavy atom. The summed E-state index contributed by atoms with van der Waals surface area (Å²) in [7, 11) is 0. The molecule has 0 heterocycles. The third kappa shape index (κ3) is 2.33. The lowest BCUT2D eigenvalue weighted by Gasteiger charge is -2.49. The first-order chi connectivity index (χ1) is 8.10. The van der Waals surface area contributed by atoms with E-state index >= 15 is 0 Å². The van der Waals surface area contributed by atoms with Crippen LogP contribution in [0.2, 0.25) is 10.0 Å². The van der Waals surface area contributed by atoms with E-state index in [0.717, 1.165) is 13.1 Å². The van der Waals surface area contributed by atoms with E-state index < -0.39 is 0 Å². The van der Waals surface area contributed by atoms with Crippen LogP contribution >= 0.6 is 23.2 Å². The molecule has 94 valence electrons. The van der Waals surface area contributed by atoms with Gasteiger partial charge in [0.2, 0.25) is 0 Å². The number of hydrogen-bond acceptors (Lipinski definition) is 1. The summed E-state index contributed by atoms with van der Waals surface area (Å²) < 4.78 is 0. The van der Waals surface area contributed by atoms with E-state index in [1.165, 1.54) is 18.4 Å². The van der Waals surface area contributed by atoms with Crippen molar-refractivity contribution in [3.05, 3.63) is 33.8 Å². The van der Waals surface area contributed by atoms with Crippen LogP contribution in [0.15, 0.2) is 18.2 Å². The molecule has 0 radical (unpaired) electrons. The van der Waals surface area contributed by atoms with E-state index in [9.17, 15) is 0 Å². The van der Waals surface area contributed by atoms with Gasteiger partial charge in [-0.2, -0.15) is 0 Å². The van der Waals surface area contributed by atoms with Gasteiger partial charge in [-0.1, -0.05) is 43.1 Å². The molecule has 1 aliphatic carbocycles. The second-order valence-electron chi connectivity index (χ2n) is 5.01. The average molecular weight is 272 g/mol. The van der Waals surface area contributed by atoms with Gasteiger partial charge in [-0.3, -0.25) is 0 Å². The van der Waals surface area contributed by atoms with Gasteiger partial charge in [0.15, 0.2) is 0 Å². The van der Waals surface area contributed by atoms with Gasteiger partial charge in [0.25, 0.3) is 0 Å². The van der Waals surface area contributed by atoms with Gasteiger partial charge in [-0.25, -0.2) is 0 Å². The summed E-state index contributed by atoms with van der Waals surface area (Å²) in [4.78, 5) is 0. The molecule has 0 amide bonds. The minimum atomic E-state index is 0.254. The molecule has 0 saturated heterocycles. The number of likely N-dealkylation sites (N-methyl/N-ethyl adjacent to an activating group) is 1. The van der Waals surface area contributed by atoms with Gasteiger partial charge >= 0.3 is 0 Å². The van der Waals surface area contributed by atoms with Gasteiger partial charge < -0.3 is 5.32 Å². The van der Waals surface area contributed by atoms with Crippen LogP contribution in [0, 0.1) is 5.92 Å². The molecule has 0 spiro atoms. The van der Waals surface area contributed by atoms with Crippen LogP contribution in [0.25, 0.3) is 0 Å². The van der Waals surface area contributed by atoms with Crippen molar-refractivity contribution in [1.29, 1.82) is 0 Å². The fraction of sp³-hybridized carbons (Fsp3) is 0.571. The zero-order chi connectivity index (χ0) is 12.5. The van der Waals surface area contributed by atoms with E-state index in [4.69, 9.17) is 23.2 Å². The quantitative estimate of drug-likeness (QED) is 0.863. The summed E-state index contributed by atoms with van der Waals surface area (Å²) >= 11 is 12.1. The van der Waals surface area contributed by atoms with Crippen LogP contribution in [-0.4, -0.2) is 13.1 Å². The van der Waals surface area contributed by atoms with Crippen molar-refractivity contribution >= 4 is 23.2 Å². The Hall–Kier alpha value is -0.240. The molecule has 0 aromatic heterocycles. The Morgan fingerprint density at radius 3 is 2.59 bits per heavy atom. The normalized spacial score (nSPS) is 27.9. The molecule has 1 aromatic carbocycles. The Morgan fingerprint density at radius 1 is 1.35 bits per heavy atom. The number of benzene rings is 1. The smallest absolute Gasteiger partial charge is 0.0595 e. The second kappa shape index (κ2) is 5.17.